The second kappa shape index (κ2) is 67.2. The number of nitro groups is 2. The van der Waals surface area contributed by atoms with Crippen molar-refractivity contribution < 1.29 is 62.9 Å². The Balaban J connectivity index is -0.000000162. The molecule has 7 aromatic rings. The highest BCUT2D eigenvalue weighted by atomic mass is 35.5. The zero-order valence-corrected chi connectivity index (χ0v) is 67.1. The van der Waals surface area contributed by atoms with E-state index >= 15 is 0 Å². The predicted octanol–water partition coefficient (Wildman–Crippen LogP) is 23.8. The van der Waals surface area contributed by atoms with Crippen molar-refractivity contribution in [3.63, 3.8) is 0 Å². The maximum atomic E-state index is 12.4. The number of hydrogen-bond donors (Lipinski definition) is 9. The van der Waals surface area contributed by atoms with Gasteiger partial charge in [-0.1, -0.05) is 183 Å². The minimum atomic E-state index is -1.06. The number of halogens is 3. The van der Waals surface area contributed by atoms with Crippen molar-refractivity contribution in [3.05, 3.63) is 218 Å². The summed E-state index contributed by atoms with van der Waals surface area (Å²) in [5, 5.41) is 59.2. The molecule has 11 rings (SSSR count). The van der Waals surface area contributed by atoms with Gasteiger partial charge in [-0.2, -0.15) is 4.39 Å². The molecule has 4 aliphatic rings. The number of nitrogens with zero attached hydrogens (tertiary/aromatic N) is 4. The molecule has 0 saturated heterocycles. The summed E-state index contributed by atoms with van der Waals surface area (Å²) in [5.41, 5.74) is 21.2. The number of anilines is 7. The number of alkyl halides is 2. The summed E-state index contributed by atoms with van der Waals surface area (Å²) in [6, 6.07) is 54.0. The van der Waals surface area contributed by atoms with Gasteiger partial charge in [-0.15, -0.1) is 23.2 Å². The molecule has 11 N–H and O–H groups in total. The number of nitrogens with one attached hydrogen (secondary N) is 4. The lowest BCUT2D eigenvalue weighted by Gasteiger charge is -2.34. The number of aliphatic hydroxyl groups excluding tert-OH is 3. The Bertz CT molecular complexity index is 3730. The Labute approximate surface area is 726 Å². The summed E-state index contributed by atoms with van der Waals surface area (Å²) in [6.45, 7) is 27.5. The smallest absolute Gasteiger partial charge is 0.428 e. The number of nitro benzene ring substituents is 2. The van der Waals surface area contributed by atoms with E-state index in [2.05, 4.69) is 114 Å². The fourth-order valence-corrected chi connectivity index (χ4v) is 10.7. The van der Waals surface area contributed by atoms with Crippen molar-refractivity contribution in [1.29, 1.82) is 0 Å². The molecule has 0 saturated carbocycles. The van der Waals surface area contributed by atoms with Gasteiger partial charge < -0.3 is 72.1 Å². The van der Waals surface area contributed by atoms with Crippen LogP contribution in [0.4, 0.5) is 65.2 Å². The number of nitrogen functional groups attached to an aromatic ring is 1. The topological polar surface area (TPSA) is 350 Å². The number of fused-ring (bicyclic) bond motifs is 4. The van der Waals surface area contributed by atoms with Crippen LogP contribution in [0.3, 0.4) is 0 Å². The molecule has 27 heteroatoms. The zero-order valence-electron chi connectivity index (χ0n) is 65.6. The van der Waals surface area contributed by atoms with E-state index in [1.54, 1.807) is 87.4 Å². The minimum absolute atomic E-state index is 0. The van der Waals surface area contributed by atoms with E-state index in [0.717, 1.165) is 54.9 Å². The number of benzene rings is 7. The van der Waals surface area contributed by atoms with Crippen LogP contribution in [-0.4, -0.2) is 128 Å². The molecule has 4 heterocycles. The average Bonchev–Trinajstić information content (AvgIpc) is 0.803. The van der Waals surface area contributed by atoms with Gasteiger partial charge in [0.2, 0.25) is 17.6 Å². The van der Waals surface area contributed by atoms with Crippen LogP contribution in [0, 0.1) is 26.0 Å². The molecule has 7 atom stereocenters. The monoisotopic (exact) mass is 1710 g/mol. The third kappa shape index (κ3) is 50.8. The Morgan fingerprint density at radius 3 is 1.11 bits per heavy atom. The number of nitrogens with two attached hydrogens (primary N) is 2. The number of ether oxygens (including phenoxy) is 3. The van der Waals surface area contributed by atoms with E-state index in [4.69, 9.17) is 59.5 Å². The molecule has 0 aromatic heterocycles. The summed E-state index contributed by atoms with van der Waals surface area (Å²) < 4.78 is 26.2. The Kier molecular flexibility index (Phi) is 72.0. The van der Waals surface area contributed by atoms with E-state index in [9.17, 15) is 43.8 Å². The summed E-state index contributed by atoms with van der Waals surface area (Å²) in [6.07, 6.45) is 7.16. The van der Waals surface area contributed by atoms with Crippen molar-refractivity contribution in [2.24, 2.45) is 5.73 Å². The summed E-state index contributed by atoms with van der Waals surface area (Å²) in [7, 11) is 0. The molecular formula is C92H155Cl2FN10O14. The van der Waals surface area contributed by atoms with Crippen molar-refractivity contribution in [1.82, 2.24) is 0 Å². The summed E-state index contributed by atoms with van der Waals surface area (Å²) in [5.74, 6) is -0.512. The maximum Gasteiger partial charge on any atom is 0.519 e. The number of hydrogen-bond acceptors (Lipinski definition) is 20. The first-order chi connectivity index (χ1) is 51.4. The maximum absolute atomic E-state index is 12.4. The van der Waals surface area contributed by atoms with Gasteiger partial charge in [0.25, 0.3) is 5.69 Å². The number of amides is 2. The molecule has 0 radical (unpaired) electrons. The number of para-hydroxylation sites is 9. The molecule has 4 aliphatic heterocycles. The van der Waals surface area contributed by atoms with Crippen molar-refractivity contribution in [2.75, 3.05) is 62.0 Å². The largest absolute Gasteiger partial charge is 0.519 e. The third-order valence-corrected chi connectivity index (χ3v) is 16.0. The van der Waals surface area contributed by atoms with Crippen molar-refractivity contribution in [2.45, 2.75) is 283 Å². The van der Waals surface area contributed by atoms with Gasteiger partial charge >= 0.3 is 18.0 Å². The summed E-state index contributed by atoms with van der Waals surface area (Å²) in [4.78, 5) is 68.2. The van der Waals surface area contributed by atoms with E-state index in [0.29, 0.717) is 35.5 Å². The molecule has 0 unspecified atom stereocenters. The second-order valence-electron chi connectivity index (χ2n) is 28.1. The molecule has 24 nitrogen and oxygen atoms in total. The zero-order chi connectivity index (χ0) is 82.0. The van der Waals surface area contributed by atoms with Gasteiger partial charge in [-0.3, -0.25) is 29.8 Å². The lowest BCUT2D eigenvalue weighted by atomic mass is 9.97. The van der Waals surface area contributed by atoms with E-state index in [1.807, 2.05) is 77.4 Å². The Morgan fingerprint density at radius 1 is 0.496 bits per heavy atom. The second-order valence-corrected chi connectivity index (χ2v) is 28.9. The lowest BCUT2D eigenvalue weighted by Crippen LogP contribution is -2.40. The van der Waals surface area contributed by atoms with Crippen LogP contribution >= 0.6 is 23.2 Å². The molecule has 119 heavy (non-hydrogen) atoms. The molecule has 0 bridgehead atoms. The molecule has 7 aromatic carbocycles. The van der Waals surface area contributed by atoms with Crippen LogP contribution in [0.15, 0.2) is 170 Å². The first kappa shape index (κ1) is 127. The van der Waals surface area contributed by atoms with Crippen LogP contribution < -0.4 is 42.5 Å². The first-order valence-corrected chi connectivity index (χ1v) is 37.3. The normalized spacial score (nSPS) is 14.6. The van der Waals surface area contributed by atoms with Gasteiger partial charge in [0.15, 0.2) is 0 Å². The lowest BCUT2D eigenvalue weighted by molar-refractivity contribution is -0.387. The minimum Gasteiger partial charge on any atom is -0.428 e. The highest BCUT2D eigenvalue weighted by Gasteiger charge is 2.28. The number of aryl methyl sites for hydroxylation is 4. The SMILES string of the molecule is C.C.C.C.C.C.C.C.C.C.CC(=O)N1c2ccccc2CC[C@@H]1C.CC(=O)N1c2ccccc2CC[C@@H]1C.CC(C)(C)OC(=O)OC(=O)OC(C)(C)C.C[C@@H](CO)Nc1ccccc1N.C[C@@H](CO)Nc1ccccc1[N+](=O)[O-].C[C@H](N)CO.C[C@H]1CCc2ccccc2N1.C[C@H]1CCc2ccccc2N1.ClCCl.O=[N+]([O-])c1ccccc1F. The fourth-order valence-electron chi connectivity index (χ4n) is 10.7. The number of aliphatic hydroxyl groups is 3. The molecule has 0 fully saturated rings. The molecule has 678 valence electrons. The van der Waals surface area contributed by atoms with E-state index < -0.39 is 44.9 Å². The van der Waals surface area contributed by atoms with E-state index in [1.165, 1.54) is 77.5 Å². The highest BCUT2D eigenvalue weighted by molar-refractivity contribution is 6.40. The highest BCUT2D eigenvalue weighted by Crippen LogP contribution is 2.33. The van der Waals surface area contributed by atoms with Crippen LogP contribution in [0.1, 0.15) is 226 Å². The molecular weight excluding hydrogens is 1560 g/mol. The number of carbonyl (C=O) groups is 4. The average molecular weight is 1720 g/mol. The van der Waals surface area contributed by atoms with Gasteiger partial charge in [-0.25, -0.2) is 9.59 Å². The van der Waals surface area contributed by atoms with Crippen molar-refractivity contribution >= 4 is 98.5 Å². The van der Waals surface area contributed by atoms with Crippen molar-refractivity contribution in [3.8, 4) is 0 Å². The van der Waals surface area contributed by atoms with Gasteiger partial charge in [0.1, 0.15) is 16.9 Å². The Morgan fingerprint density at radius 2 is 0.790 bits per heavy atom. The molecule has 2 amide bonds. The quantitative estimate of drug-likeness (QED) is 0.0162. The number of rotatable bonds is 9. The van der Waals surface area contributed by atoms with Gasteiger partial charge in [-0.05, 0) is 212 Å². The fraction of sp³-hybridized carbons (Fsp3) is 0.500. The van der Waals surface area contributed by atoms with Crippen LogP contribution in [0.5, 0.6) is 0 Å². The summed E-state index contributed by atoms with van der Waals surface area (Å²) >= 11 is 9.53. The van der Waals surface area contributed by atoms with Gasteiger partial charge in [0, 0.05) is 91.0 Å². The molecule has 0 spiro atoms. The van der Waals surface area contributed by atoms with Crippen LogP contribution in [-0.2, 0) is 49.5 Å². The Hall–Kier alpha value is -9.63. The number of carbonyl (C=O) groups excluding carboxylic acids is 4. The third-order valence-electron chi connectivity index (χ3n) is 16.0. The standard InChI is InChI=1S/2C12H15NO.2C10H13N.C10H18O5.C9H12N2O3.C9H14N2O.C6H4FNO2.C3H9NO.CH2Cl2.10CH4/c2*1-9-7-8-11-5-3-4-6-12(11)13(9)10(2)14;2*1-8-6-7-9-4-2-3-5-10(9)11-8;1-9(2,3)14-7(11)13-8(12)15-10(4,5)6;1-7(6-12)10-8-4-2-3-5-9(8)11(13)14;1-7(6-12)11-9-5-3-2-4-8(9)10;7-5-3-1-2-4-6(5)8(9)10;1-3(4)2-5;2-1-3;;;;;;;;;;/h2*3-6,9H,7-8H2,1-2H3;2*2-5,8,11H,6-7H2,1H3;1-6H3;2-5,7,10,12H,6H2,1H3;2-5,7,11-12H,6,10H2,1H3;1-4H;3,5H,2,4H2,1H3;1H2;10*1H4/t2*9-;2*8-;;2*7-;;3-;;;;;;;;;;;/m0000.00.0.........../s1. The van der Waals surface area contributed by atoms with Gasteiger partial charge in [0.05, 0.1) is 46.4 Å². The first-order valence-electron chi connectivity index (χ1n) is 36.2. The predicted molar refractivity (Wildman–Crippen MR) is 506 cm³/mol. The molecule has 0 aliphatic carbocycles. The van der Waals surface area contributed by atoms with Crippen LogP contribution in [0.2, 0.25) is 0 Å². The van der Waals surface area contributed by atoms with Crippen LogP contribution in [0.25, 0.3) is 0 Å². The van der Waals surface area contributed by atoms with E-state index in [-0.39, 0.29) is 135 Å².